The Labute approximate surface area is 164 Å². The quantitative estimate of drug-likeness (QED) is 0.707. The van der Waals surface area contributed by atoms with Crippen LogP contribution < -0.4 is 5.32 Å². The Hall–Kier alpha value is -3.02. The monoisotopic (exact) mass is 379 g/mol. The molecule has 4 rings (SSSR count). The standard InChI is InChI=1S/C22H25N3O3/c1-15(2)12-24-8-7-16-10-18(5-6-20(16)24)23-22(27)17-11-21(26)25(13-17)14-19-4-3-9-28-19/h3-10,15,17H,11-14H2,1-2H3,(H,23,27). The molecule has 6 heteroatoms. The number of aromatic nitrogens is 1. The zero-order chi connectivity index (χ0) is 19.7. The number of benzene rings is 1. The van der Waals surface area contributed by atoms with Gasteiger partial charge in [0, 0.05) is 42.3 Å². The van der Waals surface area contributed by atoms with Crippen molar-refractivity contribution in [3.63, 3.8) is 0 Å². The van der Waals surface area contributed by atoms with Crippen LogP contribution in [-0.4, -0.2) is 27.8 Å². The van der Waals surface area contributed by atoms with Gasteiger partial charge in [-0.15, -0.1) is 0 Å². The summed E-state index contributed by atoms with van der Waals surface area (Å²) >= 11 is 0. The molecule has 6 nitrogen and oxygen atoms in total. The van der Waals surface area contributed by atoms with Crippen molar-refractivity contribution < 1.29 is 14.0 Å². The maximum atomic E-state index is 12.7. The zero-order valence-corrected chi connectivity index (χ0v) is 16.2. The smallest absolute Gasteiger partial charge is 0.229 e. The normalized spacial score (nSPS) is 17.0. The molecule has 1 saturated heterocycles. The number of likely N-dealkylation sites (tertiary alicyclic amines) is 1. The second kappa shape index (κ2) is 7.54. The molecule has 0 spiro atoms. The Morgan fingerprint density at radius 3 is 2.89 bits per heavy atom. The van der Waals surface area contributed by atoms with Crippen molar-refractivity contribution in [2.24, 2.45) is 11.8 Å². The van der Waals surface area contributed by atoms with Gasteiger partial charge in [-0.05, 0) is 42.3 Å². The third kappa shape index (κ3) is 3.81. The van der Waals surface area contributed by atoms with Crippen LogP contribution in [0.5, 0.6) is 0 Å². The summed E-state index contributed by atoms with van der Waals surface area (Å²) in [5.74, 6) is 0.822. The lowest BCUT2D eigenvalue weighted by molar-refractivity contribution is -0.128. The van der Waals surface area contributed by atoms with Gasteiger partial charge >= 0.3 is 0 Å². The van der Waals surface area contributed by atoms with Crippen molar-refractivity contribution >= 4 is 28.4 Å². The third-order valence-electron chi connectivity index (χ3n) is 5.11. The molecule has 0 saturated carbocycles. The molecule has 1 aliphatic heterocycles. The summed E-state index contributed by atoms with van der Waals surface area (Å²) in [6, 6.07) is 11.6. The first kappa shape index (κ1) is 18.3. The van der Waals surface area contributed by atoms with Gasteiger partial charge in [0.25, 0.3) is 0 Å². The van der Waals surface area contributed by atoms with Gasteiger partial charge in [-0.3, -0.25) is 9.59 Å². The average molecular weight is 379 g/mol. The zero-order valence-electron chi connectivity index (χ0n) is 16.2. The topological polar surface area (TPSA) is 67.5 Å². The van der Waals surface area contributed by atoms with Crippen LogP contribution in [0.4, 0.5) is 5.69 Å². The van der Waals surface area contributed by atoms with E-state index in [2.05, 4.69) is 36.0 Å². The predicted octanol–water partition coefficient (Wildman–Crippen LogP) is 3.88. The van der Waals surface area contributed by atoms with Gasteiger partial charge in [0.2, 0.25) is 11.8 Å². The number of furan rings is 1. The van der Waals surface area contributed by atoms with Crippen molar-refractivity contribution in [2.75, 3.05) is 11.9 Å². The summed E-state index contributed by atoms with van der Waals surface area (Å²) in [7, 11) is 0. The first-order chi connectivity index (χ1) is 13.5. The molecular formula is C22H25N3O3. The van der Waals surface area contributed by atoms with E-state index in [9.17, 15) is 9.59 Å². The summed E-state index contributed by atoms with van der Waals surface area (Å²) in [6.07, 6.45) is 3.91. The third-order valence-corrected chi connectivity index (χ3v) is 5.11. The largest absolute Gasteiger partial charge is 0.467 e. The lowest BCUT2D eigenvalue weighted by atomic mass is 10.1. The number of nitrogens with zero attached hydrogens (tertiary/aromatic N) is 2. The van der Waals surface area contributed by atoms with E-state index in [0.717, 1.165) is 28.9 Å². The van der Waals surface area contributed by atoms with Crippen LogP contribution in [0, 0.1) is 11.8 Å². The van der Waals surface area contributed by atoms with Gasteiger partial charge in [0.05, 0.1) is 18.7 Å². The number of hydrogen-bond donors (Lipinski definition) is 1. The molecule has 1 fully saturated rings. The van der Waals surface area contributed by atoms with Crippen LogP contribution in [0.2, 0.25) is 0 Å². The fourth-order valence-electron chi connectivity index (χ4n) is 3.77. The van der Waals surface area contributed by atoms with Gasteiger partial charge < -0.3 is 19.2 Å². The Morgan fingerprint density at radius 1 is 1.29 bits per heavy atom. The van der Waals surface area contributed by atoms with Crippen molar-refractivity contribution in [1.29, 1.82) is 0 Å². The van der Waals surface area contributed by atoms with Crippen molar-refractivity contribution in [1.82, 2.24) is 9.47 Å². The number of fused-ring (bicyclic) bond motifs is 1. The van der Waals surface area contributed by atoms with Crippen LogP contribution in [0.3, 0.4) is 0 Å². The Balaban J connectivity index is 1.41. The van der Waals surface area contributed by atoms with E-state index in [1.54, 1.807) is 17.2 Å². The fourth-order valence-corrected chi connectivity index (χ4v) is 3.77. The lowest BCUT2D eigenvalue weighted by Crippen LogP contribution is -2.27. The van der Waals surface area contributed by atoms with Gasteiger partial charge in [-0.1, -0.05) is 13.8 Å². The summed E-state index contributed by atoms with van der Waals surface area (Å²) < 4.78 is 7.54. The van der Waals surface area contributed by atoms with E-state index >= 15 is 0 Å². The second-order valence-electron chi connectivity index (χ2n) is 7.88. The van der Waals surface area contributed by atoms with Crippen LogP contribution >= 0.6 is 0 Å². The molecule has 146 valence electrons. The van der Waals surface area contributed by atoms with Crippen LogP contribution in [0.25, 0.3) is 10.9 Å². The van der Waals surface area contributed by atoms with Crippen molar-refractivity contribution in [3.05, 3.63) is 54.6 Å². The molecule has 3 aromatic rings. The molecule has 2 aromatic heterocycles. The molecule has 0 aliphatic carbocycles. The Kier molecular flexibility index (Phi) is 4.94. The molecule has 1 aliphatic rings. The highest BCUT2D eigenvalue weighted by molar-refractivity contribution is 5.98. The molecule has 1 unspecified atom stereocenters. The van der Waals surface area contributed by atoms with Crippen LogP contribution in [0.15, 0.2) is 53.3 Å². The highest BCUT2D eigenvalue weighted by Gasteiger charge is 2.34. The Bertz CT molecular complexity index is 988. The van der Waals surface area contributed by atoms with E-state index in [1.165, 1.54) is 0 Å². The predicted molar refractivity (Wildman–Crippen MR) is 108 cm³/mol. The highest BCUT2D eigenvalue weighted by atomic mass is 16.3. The summed E-state index contributed by atoms with van der Waals surface area (Å²) in [4.78, 5) is 26.6. The van der Waals surface area contributed by atoms with Gasteiger partial charge in [-0.2, -0.15) is 0 Å². The molecule has 1 atom stereocenters. The van der Waals surface area contributed by atoms with Crippen molar-refractivity contribution in [3.8, 4) is 0 Å². The summed E-state index contributed by atoms with van der Waals surface area (Å²) in [5.41, 5.74) is 1.92. The van der Waals surface area contributed by atoms with E-state index in [1.807, 2.05) is 24.3 Å². The van der Waals surface area contributed by atoms with Gasteiger partial charge in [0.1, 0.15) is 5.76 Å². The Morgan fingerprint density at radius 2 is 2.14 bits per heavy atom. The first-order valence-electron chi connectivity index (χ1n) is 9.69. The lowest BCUT2D eigenvalue weighted by Gasteiger charge is -2.15. The average Bonchev–Trinajstić information content (AvgIpc) is 3.37. The minimum Gasteiger partial charge on any atom is -0.467 e. The number of nitrogens with one attached hydrogen (secondary N) is 1. The first-order valence-corrected chi connectivity index (χ1v) is 9.69. The molecule has 28 heavy (non-hydrogen) atoms. The molecule has 0 radical (unpaired) electrons. The summed E-state index contributed by atoms with van der Waals surface area (Å²) in [5, 5.41) is 4.07. The maximum Gasteiger partial charge on any atom is 0.229 e. The molecule has 3 heterocycles. The number of amides is 2. The second-order valence-corrected chi connectivity index (χ2v) is 7.88. The molecule has 1 aromatic carbocycles. The van der Waals surface area contributed by atoms with E-state index in [-0.39, 0.29) is 24.2 Å². The van der Waals surface area contributed by atoms with Gasteiger partial charge in [0.15, 0.2) is 0 Å². The van der Waals surface area contributed by atoms with Crippen LogP contribution in [0.1, 0.15) is 26.0 Å². The summed E-state index contributed by atoms with van der Waals surface area (Å²) in [6.45, 7) is 6.17. The molecule has 1 N–H and O–H groups in total. The minimum atomic E-state index is -0.344. The van der Waals surface area contributed by atoms with E-state index in [4.69, 9.17) is 4.42 Å². The van der Waals surface area contributed by atoms with Crippen LogP contribution in [-0.2, 0) is 22.7 Å². The van der Waals surface area contributed by atoms with Gasteiger partial charge in [-0.25, -0.2) is 0 Å². The number of carbonyl (C=O) groups excluding carboxylic acids is 2. The SMILES string of the molecule is CC(C)Cn1ccc2cc(NC(=O)C3CC(=O)N(Cc4ccco4)C3)ccc21. The molecule has 2 amide bonds. The highest BCUT2D eigenvalue weighted by Crippen LogP contribution is 2.25. The number of anilines is 1. The number of hydrogen-bond acceptors (Lipinski definition) is 3. The minimum absolute atomic E-state index is 0.0160. The fraction of sp³-hybridized carbons (Fsp3) is 0.364. The number of carbonyl (C=O) groups is 2. The molecule has 0 bridgehead atoms. The molecular weight excluding hydrogens is 354 g/mol. The van der Waals surface area contributed by atoms with E-state index < -0.39 is 0 Å². The van der Waals surface area contributed by atoms with Crippen molar-refractivity contribution in [2.45, 2.75) is 33.4 Å². The maximum absolute atomic E-state index is 12.7. The van der Waals surface area contributed by atoms with E-state index in [0.29, 0.717) is 19.0 Å². The number of rotatable bonds is 6.